The number of ether oxygens (including phenoxy) is 2. The highest BCUT2D eigenvalue weighted by Crippen LogP contribution is 2.29. The van der Waals surface area contributed by atoms with Gasteiger partial charge < -0.3 is 24.4 Å². The van der Waals surface area contributed by atoms with Crippen LogP contribution in [-0.4, -0.2) is 98.0 Å². The molecule has 2 amide bonds. The number of aliphatic hydroxyl groups is 1. The molecule has 2 aromatic rings. The van der Waals surface area contributed by atoms with Gasteiger partial charge in [0.15, 0.2) is 0 Å². The number of nitrogens with zero attached hydrogens (tertiary/aromatic N) is 3. The van der Waals surface area contributed by atoms with Crippen LogP contribution in [0.3, 0.4) is 0 Å². The Labute approximate surface area is 242 Å². The summed E-state index contributed by atoms with van der Waals surface area (Å²) in [5.74, 6) is -0.444. The van der Waals surface area contributed by atoms with E-state index in [9.17, 15) is 23.1 Å². The number of likely N-dealkylation sites (N-methyl/N-ethyl adjacent to an activating group) is 1. The van der Waals surface area contributed by atoms with E-state index in [-0.39, 0.29) is 48.4 Å². The Kier molecular flexibility index (Phi) is 11.5. The number of hydrogen-bond donors (Lipinski definition) is 2. The molecule has 12 heteroatoms. The molecule has 4 atom stereocenters. The third kappa shape index (κ3) is 9.40. The largest absolute Gasteiger partial charge is 0.490 e. The van der Waals surface area contributed by atoms with Gasteiger partial charge in [0.05, 0.1) is 36.7 Å². The van der Waals surface area contributed by atoms with E-state index in [4.69, 9.17) is 9.47 Å². The molecule has 41 heavy (non-hydrogen) atoms. The van der Waals surface area contributed by atoms with Gasteiger partial charge in [-0.25, -0.2) is 8.42 Å². The fraction of sp³-hybridized carbons (Fsp3) is 0.552. The van der Waals surface area contributed by atoms with Gasteiger partial charge in [0.1, 0.15) is 5.75 Å². The highest BCUT2D eigenvalue weighted by atomic mass is 32.2. The first-order valence-corrected chi connectivity index (χ1v) is 15.8. The molecule has 0 fully saturated rings. The molecule has 1 aromatic heterocycles. The number of sulfonamides is 1. The van der Waals surface area contributed by atoms with Crippen LogP contribution in [0.5, 0.6) is 5.75 Å². The normalized spacial score (nSPS) is 21.7. The zero-order valence-corrected chi connectivity index (χ0v) is 25.3. The SMILES string of the molecule is C[C@@H]1CCCCO[C@H](CN(C)C(=O)c2ccncc2)[C@@H](C)CN([C@@H](C)CO)C(=O)c2cc(NS(C)(=O)=O)ccc2O1. The lowest BCUT2D eigenvalue weighted by molar-refractivity contribution is -0.0149. The zero-order valence-electron chi connectivity index (χ0n) is 24.4. The second kappa shape index (κ2) is 14.6. The molecule has 0 spiro atoms. The van der Waals surface area contributed by atoms with E-state index in [1.54, 1.807) is 60.4 Å². The number of pyridine rings is 1. The molecule has 0 unspecified atom stereocenters. The number of anilines is 1. The third-order valence-electron chi connectivity index (χ3n) is 7.08. The summed E-state index contributed by atoms with van der Waals surface area (Å²) in [5.41, 5.74) is 0.947. The van der Waals surface area contributed by atoms with Crippen molar-refractivity contribution in [1.29, 1.82) is 0 Å². The molecule has 226 valence electrons. The van der Waals surface area contributed by atoms with Crippen molar-refractivity contribution in [3.63, 3.8) is 0 Å². The van der Waals surface area contributed by atoms with Crippen molar-refractivity contribution in [2.24, 2.45) is 5.92 Å². The second-order valence-corrected chi connectivity index (χ2v) is 12.6. The Morgan fingerprint density at radius 3 is 2.59 bits per heavy atom. The number of aliphatic hydroxyl groups excluding tert-OH is 1. The number of nitrogens with one attached hydrogen (secondary N) is 1. The van der Waals surface area contributed by atoms with Gasteiger partial charge in [0.25, 0.3) is 11.8 Å². The van der Waals surface area contributed by atoms with Crippen LogP contribution >= 0.6 is 0 Å². The quantitative estimate of drug-likeness (QED) is 0.502. The van der Waals surface area contributed by atoms with Crippen LogP contribution in [0.15, 0.2) is 42.7 Å². The smallest absolute Gasteiger partial charge is 0.258 e. The number of benzene rings is 1. The lowest BCUT2D eigenvalue weighted by atomic mass is 10.0. The number of fused-ring (bicyclic) bond motifs is 1. The average Bonchev–Trinajstić information content (AvgIpc) is 2.93. The minimum absolute atomic E-state index is 0.162. The standard InChI is InChI=1S/C29H42N4O7S/c1-20-17-33(21(2)19-34)29(36)25-16-24(31-41(5,37)38)9-10-26(25)40-22(3)8-6-7-15-39-27(20)18-32(4)28(35)23-11-13-30-14-12-23/h9-14,16,20-22,27,31,34H,6-8,15,17-19H2,1-5H3/t20-,21-,22+,27+/m0/s1. The van der Waals surface area contributed by atoms with Gasteiger partial charge >= 0.3 is 0 Å². The highest BCUT2D eigenvalue weighted by molar-refractivity contribution is 7.92. The molecule has 1 aromatic carbocycles. The van der Waals surface area contributed by atoms with Crippen molar-refractivity contribution in [3.05, 3.63) is 53.9 Å². The van der Waals surface area contributed by atoms with Crippen LogP contribution < -0.4 is 9.46 Å². The van der Waals surface area contributed by atoms with Crippen LogP contribution in [0.4, 0.5) is 5.69 Å². The summed E-state index contributed by atoms with van der Waals surface area (Å²) in [6.45, 7) is 6.34. The predicted octanol–water partition coefficient (Wildman–Crippen LogP) is 3.02. The molecule has 11 nitrogen and oxygen atoms in total. The second-order valence-electron chi connectivity index (χ2n) is 10.8. The van der Waals surface area contributed by atoms with Gasteiger partial charge in [-0.2, -0.15) is 0 Å². The zero-order chi connectivity index (χ0) is 30.2. The Morgan fingerprint density at radius 1 is 1.22 bits per heavy atom. The van der Waals surface area contributed by atoms with Crippen molar-refractivity contribution in [1.82, 2.24) is 14.8 Å². The molecular weight excluding hydrogens is 548 g/mol. The molecule has 0 aliphatic carbocycles. The van der Waals surface area contributed by atoms with Crippen molar-refractivity contribution < 1.29 is 32.6 Å². The van der Waals surface area contributed by atoms with E-state index < -0.39 is 22.0 Å². The van der Waals surface area contributed by atoms with Crippen molar-refractivity contribution in [2.75, 3.05) is 44.3 Å². The minimum Gasteiger partial charge on any atom is -0.490 e. The lowest BCUT2D eigenvalue weighted by Gasteiger charge is -2.36. The molecule has 3 rings (SSSR count). The van der Waals surface area contributed by atoms with Crippen molar-refractivity contribution >= 4 is 27.5 Å². The molecule has 1 aliphatic rings. The third-order valence-corrected chi connectivity index (χ3v) is 7.69. The summed E-state index contributed by atoms with van der Waals surface area (Å²) < 4.78 is 38.7. The molecule has 2 N–H and O–H groups in total. The Hall–Kier alpha value is -3.22. The monoisotopic (exact) mass is 590 g/mol. The van der Waals surface area contributed by atoms with E-state index in [1.807, 2.05) is 13.8 Å². The number of carbonyl (C=O) groups is 2. The van der Waals surface area contributed by atoms with Gasteiger partial charge in [-0.1, -0.05) is 6.92 Å². The summed E-state index contributed by atoms with van der Waals surface area (Å²) in [6, 6.07) is 7.40. The maximum Gasteiger partial charge on any atom is 0.258 e. The highest BCUT2D eigenvalue weighted by Gasteiger charge is 2.31. The molecule has 0 saturated carbocycles. The Morgan fingerprint density at radius 2 is 1.93 bits per heavy atom. The average molecular weight is 591 g/mol. The van der Waals surface area contributed by atoms with E-state index in [0.717, 1.165) is 25.5 Å². The van der Waals surface area contributed by atoms with E-state index in [2.05, 4.69) is 9.71 Å². The topological polar surface area (TPSA) is 138 Å². The summed E-state index contributed by atoms with van der Waals surface area (Å²) >= 11 is 0. The number of amides is 2. The summed E-state index contributed by atoms with van der Waals surface area (Å²) in [4.78, 5) is 34.2. The maximum atomic E-state index is 14.0. The van der Waals surface area contributed by atoms with Crippen LogP contribution in [0, 0.1) is 5.92 Å². The molecule has 0 bridgehead atoms. The molecular formula is C29H42N4O7S. The van der Waals surface area contributed by atoms with Crippen LogP contribution in [-0.2, 0) is 14.8 Å². The summed E-state index contributed by atoms with van der Waals surface area (Å²) in [7, 11) is -1.86. The molecule has 2 heterocycles. The van der Waals surface area contributed by atoms with Gasteiger partial charge in [-0.05, 0) is 63.4 Å². The lowest BCUT2D eigenvalue weighted by Crippen LogP contribution is -2.48. The van der Waals surface area contributed by atoms with Crippen molar-refractivity contribution in [2.45, 2.75) is 58.3 Å². The number of rotatable bonds is 7. The summed E-state index contributed by atoms with van der Waals surface area (Å²) in [6.07, 6.45) is 5.93. The fourth-order valence-electron chi connectivity index (χ4n) is 4.73. The van der Waals surface area contributed by atoms with Crippen molar-refractivity contribution in [3.8, 4) is 5.75 Å². The first-order valence-electron chi connectivity index (χ1n) is 13.9. The minimum atomic E-state index is -3.58. The van der Waals surface area contributed by atoms with Crippen LogP contribution in [0.2, 0.25) is 0 Å². The van der Waals surface area contributed by atoms with Crippen LogP contribution in [0.1, 0.15) is 60.7 Å². The fourth-order valence-corrected chi connectivity index (χ4v) is 5.29. The Balaban J connectivity index is 1.95. The van der Waals surface area contributed by atoms with Gasteiger partial charge in [0.2, 0.25) is 10.0 Å². The first kappa shape index (κ1) is 32.3. The van der Waals surface area contributed by atoms with Gasteiger partial charge in [-0.15, -0.1) is 0 Å². The molecule has 0 radical (unpaired) electrons. The Bertz CT molecular complexity index is 1280. The molecule has 0 saturated heterocycles. The van der Waals surface area contributed by atoms with Gasteiger partial charge in [0, 0.05) is 56.3 Å². The van der Waals surface area contributed by atoms with Gasteiger partial charge in [-0.3, -0.25) is 19.3 Å². The number of carbonyl (C=O) groups excluding carboxylic acids is 2. The van der Waals surface area contributed by atoms with E-state index in [1.165, 1.54) is 6.07 Å². The maximum absolute atomic E-state index is 14.0. The van der Waals surface area contributed by atoms with E-state index >= 15 is 0 Å². The predicted molar refractivity (Wildman–Crippen MR) is 157 cm³/mol. The molecule has 1 aliphatic heterocycles. The summed E-state index contributed by atoms with van der Waals surface area (Å²) in [5, 5.41) is 10.1. The van der Waals surface area contributed by atoms with Crippen LogP contribution in [0.25, 0.3) is 0 Å². The number of hydrogen-bond acceptors (Lipinski definition) is 8. The van der Waals surface area contributed by atoms with E-state index in [0.29, 0.717) is 24.5 Å². The first-order chi connectivity index (χ1) is 19.4. The number of aromatic nitrogens is 1.